The topological polar surface area (TPSA) is 26.3 Å². The van der Waals surface area contributed by atoms with Crippen molar-refractivity contribution < 1.29 is 9.53 Å². The lowest BCUT2D eigenvalue weighted by Gasteiger charge is -2.23. The van der Waals surface area contributed by atoms with Crippen molar-refractivity contribution in [3.8, 4) is 0 Å². The molecule has 0 bridgehead atoms. The molecule has 118 valence electrons. The molecule has 0 atom stereocenters. The van der Waals surface area contributed by atoms with Gasteiger partial charge in [0.25, 0.3) is 0 Å². The second kappa shape index (κ2) is 11.4. The number of carbonyl (C=O) groups excluding carboxylic acids is 1. The first-order valence-electron chi connectivity index (χ1n) is 7.96. The van der Waals surface area contributed by atoms with Crippen molar-refractivity contribution in [3.63, 3.8) is 0 Å². The molecule has 0 fully saturated rings. The van der Waals surface area contributed by atoms with Gasteiger partial charge in [-0.05, 0) is 31.5 Å². The summed E-state index contributed by atoms with van der Waals surface area (Å²) in [7, 11) is -1.48. The van der Waals surface area contributed by atoms with E-state index < -0.39 is 7.38 Å². The zero-order valence-electron chi connectivity index (χ0n) is 13.5. The molecule has 0 amide bonds. The largest absolute Gasteiger partial charge is 0.462 e. The Bertz CT molecular complexity index is 286. The van der Waals surface area contributed by atoms with Gasteiger partial charge in [-0.3, -0.25) is 0 Å². The highest BCUT2D eigenvalue weighted by molar-refractivity contribution is 7.20. The summed E-state index contributed by atoms with van der Waals surface area (Å²) in [6.07, 6.45) is 6.91. The summed E-state index contributed by atoms with van der Waals surface area (Å²) in [4.78, 5) is 11.2. The van der Waals surface area contributed by atoms with E-state index in [9.17, 15) is 4.79 Å². The van der Waals surface area contributed by atoms with Crippen molar-refractivity contribution in [1.82, 2.24) is 0 Å². The van der Waals surface area contributed by atoms with E-state index in [1.54, 1.807) is 6.92 Å². The Labute approximate surface area is 130 Å². The van der Waals surface area contributed by atoms with Crippen molar-refractivity contribution in [1.29, 1.82) is 0 Å². The molecule has 0 unspecified atom stereocenters. The Morgan fingerprint density at radius 3 is 2.10 bits per heavy atom. The van der Waals surface area contributed by atoms with Crippen LogP contribution < -0.4 is 0 Å². The van der Waals surface area contributed by atoms with Crippen LogP contribution in [0.2, 0.25) is 18.1 Å². The fourth-order valence-electron chi connectivity index (χ4n) is 2.46. The molecule has 4 heteroatoms. The highest BCUT2D eigenvalue weighted by atomic mass is 35.6. The van der Waals surface area contributed by atoms with Crippen molar-refractivity contribution in [2.45, 2.75) is 77.4 Å². The highest BCUT2D eigenvalue weighted by Gasteiger charge is 2.27. The maximum Gasteiger partial charge on any atom is 0.333 e. The van der Waals surface area contributed by atoms with Gasteiger partial charge in [-0.15, -0.1) is 0 Å². The normalized spacial score (nSPS) is 11.4. The van der Waals surface area contributed by atoms with Crippen LogP contribution in [0.1, 0.15) is 59.3 Å². The van der Waals surface area contributed by atoms with Gasteiger partial charge < -0.3 is 4.74 Å². The van der Waals surface area contributed by atoms with E-state index in [4.69, 9.17) is 15.8 Å². The molecule has 0 radical (unpaired) electrons. The summed E-state index contributed by atoms with van der Waals surface area (Å²) in [6, 6.07) is 3.74. The average molecular weight is 319 g/mol. The van der Waals surface area contributed by atoms with Crippen LogP contribution in [-0.4, -0.2) is 20.0 Å². The number of halogens is 1. The van der Waals surface area contributed by atoms with Crippen LogP contribution >= 0.6 is 11.1 Å². The van der Waals surface area contributed by atoms with E-state index in [2.05, 4.69) is 20.4 Å². The molecule has 0 saturated carbocycles. The van der Waals surface area contributed by atoms with Crippen LogP contribution in [0.3, 0.4) is 0 Å². The fourth-order valence-corrected chi connectivity index (χ4v) is 7.42. The molecule has 0 aromatic rings. The van der Waals surface area contributed by atoms with Crippen molar-refractivity contribution >= 4 is 24.4 Å². The van der Waals surface area contributed by atoms with Gasteiger partial charge in [0, 0.05) is 5.57 Å². The third kappa shape index (κ3) is 9.59. The monoisotopic (exact) mass is 318 g/mol. The Kier molecular flexibility index (Phi) is 11.2. The molecular weight excluding hydrogens is 288 g/mol. The van der Waals surface area contributed by atoms with E-state index in [1.165, 1.54) is 43.8 Å². The minimum Gasteiger partial charge on any atom is -0.462 e. The molecule has 0 N–H and O–H groups in total. The zero-order valence-corrected chi connectivity index (χ0v) is 15.2. The van der Waals surface area contributed by atoms with Gasteiger partial charge in [0.05, 0.1) is 6.61 Å². The zero-order chi connectivity index (χ0) is 15.4. The first kappa shape index (κ1) is 19.7. The maximum absolute atomic E-state index is 11.2. The van der Waals surface area contributed by atoms with Gasteiger partial charge in [0.2, 0.25) is 0 Å². The first-order valence-corrected chi connectivity index (χ1v) is 11.6. The Morgan fingerprint density at radius 1 is 1.05 bits per heavy atom. The summed E-state index contributed by atoms with van der Waals surface area (Å²) >= 11 is 6.82. The summed E-state index contributed by atoms with van der Waals surface area (Å²) < 4.78 is 5.07. The number of rotatable bonds is 12. The number of carbonyl (C=O) groups is 1. The summed E-state index contributed by atoms with van der Waals surface area (Å²) in [5.41, 5.74) is 0.474. The number of hydrogen-bond acceptors (Lipinski definition) is 2. The third-order valence-corrected chi connectivity index (χ3v) is 9.24. The van der Waals surface area contributed by atoms with Crippen molar-refractivity contribution in [3.05, 3.63) is 12.2 Å². The van der Waals surface area contributed by atoms with Crippen LogP contribution in [-0.2, 0) is 9.53 Å². The molecule has 0 aromatic heterocycles. The molecule has 0 aliphatic heterocycles. The van der Waals surface area contributed by atoms with E-state index in [-0.39, 0.29) is 5.97 Å². The van der Waals surface area contributed by atoms with Crippen molar-refractivity contribution in [2.24, 2.45) is 0 Å². The van der Waals surface area contributed by atoms with Gasteiger partial charge >= 0.3 is 5.97 Å². The number of hydrogen-bond donors (Lipinski definition) is 0. The Balaban J connectivity index is 3.64. The molecular formula is C16H31ClO2Si. The fraction of sp³-hybridized carbons (Fsp3) is 0.812. The van der Waals surface area contributed by atoms with Crippen LogP contribution in [0.5, 0.6) is 0 Å². The molecule has 0 heterocycles. The minimum absolute atomic E-state index is 0.275. The average Bonchev–Trinajstić information content (AvgIpc) is 2.37. The lowest BCUT2D eigenvalue weighted by Crippen LogP contribution is -2.25. The molecule has 20 heavy (non-hydrogen) atoms. The van der Waals surface area contributed by atoms with Crippen LogP contribution in [0.4, 0.5) is 0 Å². The van der Waals surface area contributed by atoms with Gasteiger partial charge in [0.1, 0.15) is 0 Å². The highest BCUT2D eigenvalue weighted by Crippen LogP contribution is 2.30. The van der Waals surface area contributed by atoms with Crippen LogP contribution in [0.15, 0.2) is 12.2 Å². The summed E-state index contributed by atoms with van der Waals surface area (Å²) in [6.45, 7) is 10.2. The van der Waals surface area contributed by atoms with Gasteiger partial charge in [-0.1, -0.05) is 52.5 Å². The second-order valence-corrected chi connectivity index (χ2v) is 11.9. The SMILES string of the molecule is C=C(C)C(=O)OCCCCCC[Si](Cl)(CCC)CCC. The first-order chi connectivity index (χ1) is 9.45. The van der Waals surface area contributed by atoms with E-state index >= 15 is 0 Å². The minimum atomic E-state index is -1.48. The number of ether oxygens (including phenoxy) is 1. The maximum atomic E-state index is 11.2. The van der Waals surface area contributed by atoms with Crippen LogP contribution in [0, 0.1) is 0 Å². The standard InChI is InChI=1S/C16H31ClO2Si/c1-5-12-20(17,13-6-2)14-10-8-7-9-11-19-16(18)15(3)4/h3,5-14H2,1-2,4H3. The molecule has 0 spiro atoms. The number of esters is 1. The Hall–Kier alpha value is -0.283. The predicted octanol–water partition coefficient (Wildman–Crippen LogP) is 5.67. The van der Waals surface area contributed by atoms with E-state index in [0.717, 1.165) is 12.8 Å². The predicted molar refractivity (Wildman–Crippen MR) is 90.9 cm³/mol. The summed E-state index contributed by atoms with van der Waals surface area (Å²) in [5.74, 6) is -0.275. The second-order valence-electron chi connectivity index (χ2n) is 5.73. The molecule has 0 rings (SSSR count). The third-order valence-electron chi connectivity index (χ3n) is 3.50. The van der Waals surface area contributed by atoms with Gasteiger partial charge in [-0.25, -0.2) is 4.79 Å². The summed E-state index contributed by atoms with van der Waals surface area (Å²) in [5, 5.41) is 0. The molecule has 0 aliphatic rings. The smallest absolute Gasteiger partial charge is 0.333 e. The van der Waals surface area contributed by atoms with Crippen LogP contribution in [0.25, 0.3) is 0 Å². The van der Waals surface area contributed by atoms with Crippen molar-refractivity contribution in [2.75, 3.05) is 6.61 Å². The molecule has 0 aliphatic carbocycles. The molecule has 0 aromatic carbocycles. The Morgan fingerprint density at radius 2 is 1.60 bits per heavy atom. The number of unbranched alkanes of at least 4 members (excludes halogenated alkanes) is 3. The quantitative estimate of drug-likeness (QED) is 0.152. The van der Waals surface area contributed by atoms with Gasteiger partial charge in [0.15, 0.2) is 7.38 Å². The molecule has 0 saturated heterocycles. The lowest BCUT2D eigenvalue weighted by molar-refractivity contribution is -0.139. The van der Waals surface area contributed by atoms with Gasteiger partial charge in [-0.2, -0.15) is 11.1 Å². The molecule has 2 nitrogen and oxygen atoms in total. The lowest BCUT2D eigenvalue weighted by atomic mass is 10.2. The van der Waals surface area contributed by atoms with E-state index in [1.807, 2.05) is 0 Å². The van der Waals surface area contributed by atoms with E-state index in [0.29, 0.717) is 12.2 Å².